The molecule has 0 aliphatic heterocycles. The van der Waals surface area contributed by atoms with Gasteiger partial charge < -0.3 is 5.73 Å². The molecule has 2 heteroatoms. The average Bonchev–Trinajstić information content (AvgIpc) is 2.26. The lowest BCUT2D eigenvalue weighted by Gasteiger charge is -2.27. The van der Waals surface area contributed by atoms with Crippen LogP contribution in [0, 0.1) is 5.92 Å². The smallest absolute Gasteiger partial charge is 0.123 e. The van der Waals surface area contributed by atoms with E-state index >= 15 is 0 Å². The van der Waals surface area contributed by atoms with E-state index in [1.807, 2.05) is 12.3 Å². The normalized spacial score (nSPS) is 12.3. The van der Waals surface area contributed by atoms with Crippen molar-refractivity contribution in [3.63, 3.8) is 0 Å². The highest BCUT2D eigenvalue weighted by atomic mass is 14.8. The SMILES string of the molecule is CC(C)CC(C)(C)c1ccc2cnc(N)cc2c1. The Labute approximate surface area is 109 Å². The minimum absolute atomic E-state index is 0.195. The molecule has 0 bridgehead atoms. The molecule has 96 valence electrons. The zero-order valence-electron chi connectivity index (χ0n) is 11.7. The number of rotatable bonds is 3. The maximum absolute atomic E-state index is 5.75. The van der Waals surface area contributed by atoms with E-state index in [1.165, 1.54) is 17.4 Å². The van der Waals surface area contributed by atoms with Gasteiger partial charge >= 0.3 is 0 Å². The number of pyridine rings is 1. The fourth-order valence-corrected chi connectivity index (χ4v) is 2.72. The molecule has 0 radical (unpaired) electrons. The average molecular weight is 242 g/mol. The van der Waals surface area contributed by atoms with Crippen LogP contribution in [-0.4, -0.2) is 4.98 Å². The highest BCUT2D eigenvalue weighted by Gasteiger charge is 2.22. The van der Waals surface area contributed by atoms with E-state index in [2.05, 4.69) is 50.9 Å². The van der Waals surface area contributed by atoms with Crippen LogP contribution in [0.4, 0.5) is 5.82 Å². The van der Waals surface area contributed by atoms with Crippen LogP contribution >= 0.6 is 0 Å². The zero-order chi connectivity index (χ0) is 13.3. The van der Waals surface area contributed by atoms with Crippen molar-refractivity contribution < 1.29 is 0 Å². The number of nitrogens with two attached hydrogens (primary N) is 1. The van der Waals surface area contributed by atoms with E-state index in [9.17, 15) is 0 Å². The first kappa shape index (κ1) is 12.9. The van der Waals surface area contributed by atoms with Crippen molar-refractivity contribution in [1.29, 1.82) is 0 Å². The summed E-state index contributed by atoms with van der Waals surface area (Å²) in [6.45, 7) is 9.15. The number of nitrogens with zero attached hydrogens (tertiary/aromatic N) is 1. The fourth-order valence-electron chi connectivity index (χ4n) is 2.72. The summed E-state index contributed by atoms with van der Waals surface area (Å²) in [6, 6.07) is 8.54. The molecule has 1 aromatic heterocycles. The summed E-state index contributed by atoms with van der Waals surface area (Å²) in [4.78, 5) is 4.13. The molecule has 2 rings (SSSR count). The number of nitrogen functional groups attached to an aromatic ring is 1. The van der Waals surface area contributed by atoms with Gasteiger partial charge in [-0.25, -0.2) is 4.98 Å². The highest BCUT2D eigenvalue weighted by Crippen LogP contribution is 2.32. The summed E-state index contributed by atoms with van der Waals surface area (Å²) in [7, 11) is 0. The van der Waals surface area contributed by atoms with Gasteiger partial charge in [0.15, 0.2) is 0 Å². The largest absolute Gasteiger partial charge is 0.384 e. The Morgan fingerprint density at radius 3 is 2.56 bits per heavy atom. The van der Waals surface area contributed by atoms with Gasteiger partial charge in [0.05, 0.1) is 0 Å². The van der Waals surface area contributed by atoms with Gasteiger partial charge in [0.1, 0.15) is 5.82 Å². The Morgan fingerprint density at radius 2 is 1.89 bits per heavy atom. The Bertz CT molecular complexity index is 556. The predicted octanol–water partition coefficient (Wildman–Crippen LogP) is 4.14. The molecular weight excluding hydrogens is 220 g/mol. The second-order valence-corrected chi connectivity index (χ2v) is 6.15. The van der Waals surface area contributed by atoms with Gasteiger partial charge in [-0.15, -0.1) is 0 Å². The molecule has 1 aromatic carbocycles. The summed E-state index contributed by atoms with van der Waals surface area (Å²) >= 11 is 0. The molecule has 2 N–H and O–H groups in total. The van der Waals surface area contributed by atoms with Gasteiger partial charge in [-0.3, -0.25) is 0 Å². The summed E-state index contributed by atoms with van der Waals surface area (Å²) < 4.78 is 0. The Kier molecular flexibility index (Phi) is 3.29. The van der Waals surface area contributed by atoms with Crippen LogP contribution in [0.1, 0.15) is 39.7 Å². The second-order valence-electron chi connectivity index (χ2n) is 6.15. The van der Waals surface area contributed by atoms with Gasteiger partial charge in [0.25, 0.3) is 0 Å². The number of anilines is 1. The molecule has 0 saturated heterocycles. The molecule has 0 atom stereocenters. The number of fused-ring (bicyclic) bond motifs is 1. The molecule has 0 unspecified atom stereocenters. The number of benzene rings is 1. The lowest BCUT2D eigenvalue weighted by atomic mass is 9.77. The minimum Gasteiger partial charge on any atom is -0.384 e. The lowest BCUT2D eigenvalue weighted by Crippen LogP contribution is -2.19. The van der Waals surface area contributed by atoms with Gasteiger partial charge in [-0.2, -0.15) is 0 Å². The van der Waals surface area contributed by atoms with Gasteiger partial charge in [0, 0.05) is 11.6 Å². The maximum Gasteiger partial charge on any atom is 0.123 e. The molecule has 0 fully saturated rings. The molecule has 0 spiro atoms. The van der Waals surface area contributed by atoms with E-state index < -0.39 is 0 Å². The van der Waals surface area contributed by atoms with E-state index in [0.29, 0.717) is 11.7 Å². The van der Waals surface area contributed by atoms with E-state index in [-0.39, 0.29) is 5.41 Å². The van der Waals surface area contributed by atoms with Crippen molar-refractivity contribution >= 4 is 16.6 Å². The van der Waals surface area contributed by atoms with Gasteiger partial charge in [-0.05, 0) is 34.8 Å². The molecule has 0 amide bonds. The molecule has 2 aromatic rings. The minimum atomic E-state index is 0.195. The number of aromatic nitrogens is 1. The van der Waals surface area contributed by atoms with E-state index in [1.54, 1.807) is 0 Å². The molecule has 0 saturated carbocycles. The van der Waals surface area contributed by atoms with Crippen LogP contribution < -0.4 is 5.73 Å². The first-order chi connectivity index (χ1) is 8.38. The molecule has 0 aliphatic rings. The number of hydrogen-bond acceptors (Lipinski definition) is 2. The Hall–Kier alpha value is -1.57. The highest BCUT2D eigenvalue weighted by molar-refractivity contribution is 5.84. The van der Waals surface area contributed by atoms with Crippen molar-refractivity contribution in [3.8, 4) is 0 Å². The van der Waals surface area contributed by atoms with Crippen LogP contribution in [0.2, 0.25) is 0 Å². The third-order valence-electron chi connectivity index (χ3n) is 3.44. The first-order valence-corrected chi connectivity index (χ1v) is 6.54. The molecule has 18 heavy (non-hydrogen) atoms. The molecule has 2 nitrogen and oxygen atoms in total. The van der Waals surface area contributed by atoms with Crippen molar-refractivity contribution in [3.05, 3.63) is 36.0 Å². The topological polar surface area (TPSA) is 38.9 Å². The van der Waals surface area contributed by atoms with Crippen molar-refractivity contribution in [2.75, 3.05) is 5.73 Å². The predicted molar refractivity (Wildman–Crippen MR) is 78.6 cm³/mol. The van der Waals surface area contributed by atoms with Crippen LogP contribution in [0.25, 0.3) is 10.8 Å². The van der Waals surface area contributed by atoms with Crippen molar-refractivity contribution in [2.45, 2.75) is 39.5 Å². The summed E-state index contributed by atoms with van der Waals surface area (Å²) in [5.74, 6) is 1.28. The fraction of sp³-hybridized carbons (Fsp3) is 0.438. The van der Waals surface area contributed by atoms with Crippen LogP contribution in [0.3, 0.4) is 0 Å². The third-order valence-corrected chi connectivity index (χ3v) is 3.44. The molecular formula is C16H22N2. The second kappa shape index (κ2) is 4.60. The van der Waals surface area contributed by atoms with E-state index in [4.69, 9.17) is 5.73 Å². The summed E-state index contributed by atoms with van der Waals surface area (Å²) in [5, 5.41) is 2.32. The summed E-state index contributed by atoms with van der Waals surface area (Å²) in [5.41, 5.74) is 7.32. The number of hydrogen-bond donors (Lipinski definition) is 1. The monoisotopic (exact) mass is 242 g/mol. The van der Waals surface area contributed by atoms with Crippen LogP contribution in [0.15, 0.2) is 30.5 Å². The summed E-state index contributed by atoms with van der Waals surface area (Å²) in [6.07, 6.45) is 3.02. The first-order valence-electron chi connectivity index (χ1n) is 6.54. The van der Waals surface area contributed by atoms with Crippen molar-refractivity contribution in [2.24, 2.45) is 5.92 Å². The van der Waals surface area contributed by atoms with Crippen LogP contribution in [0.5, 0.6) is 0 Å². The molecule has 0 aliphatic carbocycles. The lowest BCUT2D eigenvalue weighted by molar-refractivity contribution is 0.400. The Morgan fingerprint density at radius 1 is 1.17 bits per heavy atom. The van der Waals surface area contributed by atoms with Gasteiger partial charge in [-0.1, -0.05) is 45.9 Å². The van der Waals surface area contributed by atoms with E-state index in [0.717, 1.165) is 5.39 Å². The van der Waals surface area contributed by atoms with Crippen molar-refractivity contribution in [1.82, 2.24) is 4.98 Å². The standard InChI is InChI=1S/C16H22N2/c1-11(2)9-16(3,4)14-6-5-12-10-18-15(17)8-13(12)7-14/h5-8,10-11H,9H2,1-4H3,(H2,17,18). The maximum atomic E-state index is 5.75. The zero-order valence-corrected chi connectivity index (χ0v) is 11.7. The Balaban J connectivity index is 2.45. The third kappa shape index (κ3) is 2.63. The molecule has 1 heterocycles. The van der Waals surface area contributed by atoms with Gasteiger partial charge in [0.2, 0.25) is 0 Å². The quantitative estimate of drug-likeness (QED) is 0.878. The van der Waals surface area contributed by atoms with Crippen LogP contribution in [-0.2, 0) is 5.41 Å².